The van der Waals surface area contributed by atoms with E-state index < -0.39 is 0 Å². The molecule has 2 nitrogen and oxygen atoms in total. The molecule has 0 aromatic heterocycles. The van der Waals surface area contributed by atoms with Gasteiger partial charge in [0.2, 0.25) is 0 Å². The maximum Gasteiger partial charge on any atom is 0.180 e. The lowest BCUT2D eigenvalue weighted by molar-refractivity contribution is 0.312. The summed E-state index contributed by atoms with van der Waals surface area (Å²) in [6, 6.07) is 0.440. The molecule has 0 bridgehead atoms. The third-order valence-electron chi connectivity index (χ3n) is 1.32. The van der Waals surface area contributed by atoms with Crippen LogP contribution in [0.5, 0.6) is 0 Å². The Morgan fingerprint density at radius 1 is 1.88 bits per heavy atom. The zero-order valence-corrected chi connectivity index (χ0v) is 5.35. The average Bonchev–Trinajstić information content (AvgIpc) is 2.14. The van der Waals surface area contributed by atoms with Crippen molar-refractivity contribution < 1.29 is 4.74 Å². The van der Waals surface area contributed by atoms with Crippen LogP contribution < -0.4 is 0 Å². The molecule has 0 spiro atoms. The van der Waals surface area contributed by atoms with Crippen LogP contribution in [-0.2, 0) is 4.74 Å². The molecule has 0 aromatic carbocycles. The highest BCUT2D eigenvalue weighted by molar-refractivity contribution is 5.74. The molecule has 1 unspecified atom stereocenters. The first kappa shape index (κ1) is 5.60. The summed E-state index contributed by atoms with van der Waals surface area (Å²) in [5.74, 6) is 0.844. The van der Waals surface area contributed by atoms with E-state index in [1.54, 1.807) is 0 Å². The highest BCUT2D eigenvalue weighted by Crippen LogP contribution is 2.06. The van der Waals surface area contributed by atoms with E-state index in [1.165, 1.54) is 0 Å². The highest BCUT2D eigenvalue weighted by Gasteiger charge is 2.11. The standard InChI is InChI=1S/C6H11NO/c1-3-6-4-8-5(2)7-6/h6H,3-4H2,1-2H3. The van der Waals surface area contributed by atoms with Gasteiger partial charge in [0.1, 0.15) is 6.61 Å². The van der Waals surface area contributed by atoms with Gasteiger partial charge >= 0.3 is 0 Å². The van der Waals surface area contributed by atoms with Gasteiger partial charge in [0.15, 0.2) is 5.90 Å². The first-order valence-corrected chi connectivity index (χ1v) is 3.00. The normalized spacial score (nSPS) is 27.2. The van der Waals surface area contributed by atoms with Crippen molar-refractivity contribution >= 4 is 5.90 Å². The van der Waals surface area contributed by atoms with Gasteiger partial charge in [-0.1, -0.05) is 6.92 Å². The van der Waals surface area contributed by atoms with Gasteiger partial charge in [-0.2, -0.15) is 0 Å². The maximum absolute atomic E-state index is 5.11. The van der Waals surface area contributed by atoms with Gasteiger partial charge in [-0.25, -0.2) is 4.99 Å². The Bertz CT molecular complexity index is 109. The Labute approximate surface area is 49.6 Å². The Balaban J connectivity index is 2.41. The lowest BCUT2D eigenvalue weighted by atomic mass is 10.3. The molecule has 1 atom stereocenters. The van der Waals surface area contributed by atoms with Gasteiger partial charge in [0.25, 0.3) is 0 Å². The average molecular weight is 113 g/mol. The zero-order chi connectivity index (χ0) is 5.98. The molecule has 0 amide bonds. The predicted molar refractivity (Wildman–Crippen MR) is 33.1 cm³/mol. The quantitative estimate of drug-likeness (QED) is 0.501. The van der Waals surface area contributed by atoms with Crippen molar-refractivity contribution in [1.82, 2.24) is 0 Å². The summed E-state index contributed by atoms with van der Waals surface area (Å²) < 4.78 is 5.11. The fourth-order valence-corrected chi connectivity index (χ4v) is 0.758. The predicted octanol–water partition coefficient (Wildman–Crippen LogP) is 1.21. The second-order valence-electron chi connectivity index (χ2n) is 2.02. The number of ether oxygens (including phenoxy) is 1. The summed E-state index contributed by atoms with van der Waals surface area (Å²) in [5, 5.41) is 0. The van der Waals surface area contributed by atoms with E-state index >= 15 is 0 Å². The van der Waals surface area contributed by atoms with Gasteiger partial charge in [-0.15, -0.1) is 0 Å². The molecule has 0 N–H and O–H groups in total. The highest BCUT2D eigenvalue weighted by atomic mass is 16.5. The van der Waals surface area contributed by atoms with Gasteiger partial charge in [0, 0.05) is 6.92 Å². The number of nitrogens with zero attached hydrogens (tertiary/aromatic N) is 1. The minimum atomic E-state index is 0.440. The molecule has 0 saturated carbocycles. The molecule has 0 aromatic rings. The molecular formula is C6H11NO. The van der Waals surface area contributed by atoms with Crippen LogP contribution in [0, 0.1) is 0 Å². The van der Waals surface area contributed by atoms with Crippen LogP contribution in [-0.4, -0.2) is 18.5 Å². The molecule has 8 heavy (non-hydrogen) atoms. The van der Waals surface area contributed by atoms with Crippen molar-refractivity contribution in [2.24, 2.45) is 4.99 Å². The maximum atomic E-state index is 5.11. The fraction of sp³-hybridized carbons (Fsp3) is 0.833. The monoisotopic (exact) mass is 113 g/mol. The third-order valence-corrected chi connectivity index (χ3v) is 1.32. The van der Waals surface area contributed by atoms with Gasteiger partial charge in [-0.05, 0) is 6.42 Å². The molecule has 46 valence electrons. The lowest BCUT2D eigenvalue weighted by Crippen LogP contribution is -2.02. The first-order valence-electron chi connectivity index (χ1n) is 3.00. The summed E-state index contributed by atoms with van der Waals surface area (Å²) >= 11 is 0. The van der Waals surface area contributed by atoms with E-state index in [2.05, 4.69) is 11.9 Å². The van der Waals surface area contributed by atoms with Crippen molar-refractivity contribution in [3.8, 4) is 0 Å². The first-order chi connectivity index (χ1) is 3.83. The molecule has 2 heteroatoms. The molecule has 0 saturated heterocycles. The molecule has 0 radical (unpaired) electrons. The van der Waals surface area contributed by atoms with Crippen LogP contribution in [0.15, 0.2) is 4.99 Å². The van der Waals surface area contributed by atoms with Crippen LogP contribution in [0.3, 0.4) is 0 Å². The summed E-state index contributed by atoms with van der Waals surface area (Å²) in [4.78, 5) is 4.20. The molecule has 0 fully saturated rings. The largest absolute Gasteiger partial charge is 0.479 e. The second-order valence-corrected chi connectivity index (χ2v) is 2.02. The summed E-state index contributed by atoms with van der Waals surface area (Å²) in [6.45, 7) is 4.81. The van der Waals surface area contributed by atoms with Crippen molar-refractivity contribution in [3.63, 3.8) is 0 Å². The molecule has 1 heterocycles. The van der Waals surface area contributed by atoms with Crippen molar-refractivity contribution in [2.45, 2.75) is 26.3 Å². The third kappa shape index (κ3) is 0.997. The SMILES string of the molecule is CCC1COC(C)=N1. The van der Waals surface area contributed by atoms with Crippen LogP contribution in [0.1, 0.15) is 20.3 Å². The molecular weight excluding hydrogens is 102 g/mol. The molecule has 1 aliphatic heterocycles. The van der Waals surface area contributed by atoms with E-state index in [0.717, 1.165) is 18.9 Å². The van der Waals surface area contributed by atoms with Gasteiger partial charge in [-0.3, -0.25) is 0 Å². The topological polar surface area (TPSA) is 21.6 Å². The second kappa shape index (κ2) is 2.16. The smallest absolute Gasteiger partial charge is 0.180 e. The molecule has 1 rings (SSSR count). The molecule has 0 aliphatic carbocycles. The van der Waals surface area contributed by atoms with E-state index in [-0.39, 0.29) is 0 Å². The van der Waals surface area contributed by atoms with Crippen LogP contribution in [0.25, 0.3) is 0 Å². The van der Waals surface area contributed by atoms with E-state index in [1.807, 2.05) is 6.92 Å². The molecule has 1 aliphatic rings. The Kier molecular flexibility index (Phi) is 1.51. The zero-order valence-electron chi connectivity index (χ0n) is 5.35. The summed E-state index contributed by atoms with van der Waals surface area (Å²) in [5.41, 5.74) is 0. The number of hydrogen-bond donors (Lipinski definition) is 0. The Morgan fingerprint density at radius 3 is 2.88 bits per heavy atom. The van der Waals surface area contributed by atoms with E-state index in [0.29, 0.717) is 6.04 Å². The summed E-state index contributed by atoms with van der Waals surface area (Å²) in [6.07, 6.45) is 1.09. The van der Waals surface area contributed by atoms with Crippen LogP contribution in [0.2, 0.25) is 0 Å². The minimum Gasteiger partial charge on any atom is -0.479 e. The van der Waals surface area contributed by atoms with Crippen LogP contribution in [0.4, 0.5) is 0 Å². The van der Waals surface area contributed by atoms with E-state index in [4.69, 9.17) is 4.74 Å². The Hall–Kier alpha value is -0.530. The van der Waals surface area contributed by atoms with Gasteiger partial charge in [0.05, 0.1) is 6.04 Å². The number of rotatable bonds is 1. The summed E-state index contributed by atoms with van der Waals surface area (Å²) in [7, 11) is 0. The van der Waals surface area contributed by atoms with Gasteiger partial charge < -0.3 is 4.74 Å². The van der Waals surface area contributed by atoms with Crippen LogP contribution >= 0.6 is 0 Å². The number of aliphatic imine (C=N–C) groups is 1. The van der Waals surface area contributed by atoms with Crippen molar-refractivity contribution in [2.75, 3.05) is 6.61 Å². The van der Waals surface area contributed by atoms with Crippen molar-refractivity contribution in [3.05, 3.63) is 0 Å². The number of hydrogen-bond acceptors (Lipinski definition) is 2. The van der Waals surface area contributed by atoms with Crippen molar-refractivity contribution in [1.29, 1.82) is 0 Å². The minimum absolute atomic E-state index is 0.440. The fourth-order valence-electron chi connectivity index (χ4n) is 0.758. The Morgan fingerprint density at radius 2 is 2.62 bits per heavy atom. The van der Waals surface area contributed by atoms with E-state index in [9.17, 15) is 0 Å². The lowest BCUT2D eigenvalue weighted by Gasteiger charge is -1.95.